The van der Waals surface area contributed by atoms with Crippen LogP contribution in [0.2, 0.25) is 0 Å². The summed E-state index contributed by atoms with van der Waals surface area (Å²) >= 11 is 0. The molecule has 1 amide bonds. The van der Waals surface area contributed by atoms with Crippen LogP contribution in [0.3, 0.4) is 0 Å². The molecule has 0 aromatic heterocycles. The number of amides is 1. The molecule has 1 aliphatic heterocycles. The Balaban J connectivity index is 2.00. The van der Waals surface area contributed by atoms with Crippen LogP contribution in [0.1, 0.15) is 30.6 Å². The van der Waals surface area contributed by atoms with Gasteiger partial charge in [-0.2, -0.15) is 0 Å². The molecular formula is C15H17NO2. The fourth-order valence-electron chi connectivity index (χ4n) is 2.08. The lowest BCUT2D eigenvalue weighted by atomic mass is 9.97. The molecule has 0 radical (unpaired) electrons. The van der Waals surface area contributed by atoms with Gasteiger partial charge >= 0.3 is 0 Å². The van der Waals surface area contributed by atoms with Crippen molar-refractivity contribution in [3.63, 3.8) is 0 Å². The van der Waals surface area contributed by atoms with Crippen molar-refractivity contribution >= 4 is 5.91 Å². The van der Waals surface area contributed by atoms with Crippen LogP contribution >= 0.6 is 0 Å². The van der Waals surface area contributed by atoms with Crippen LogP contribution in [0.15, 0.2) is 24.3 Å². The summed E-state index contributed by atoms with van der Waals surface area (Å²) in [5.74, 6) is 5.65. The molecule has 0 saturated heterocycles. The van der Waals surface area contributed by atoms with Gasteiger partial charge in [0.2, 0.25) is 0 Å². The Kier molecular flexibility index (Phi) is 4.38. The topological polar surface area (TPSA) is 38.3 Å². The van der Waals surface area contributed by atoms with Crippen molar-refractivity contribution < 1.29 is 9.53 Å². The smallest absolute Gasteiger partial charge is 0.253 e. The van der Waals surface area contributed by atoms with Gasteiger partial charge < -0.3 is 10.1 Å². The summed E-state index contributed by atoms with van der Waals surface area (Å²) in [5, 5.41) is 2.86. The van der Waals surface area contributed by atoms with Crippen molar-refractivity contribution in [2.24, 2.45) is 0 Å². The molecule has 3 nitrogen and oxygen atoms in total. The highest BCUT2D eigenvalue weighted by Gasteiger charge is 2.26. The number of hydrogen-bond donors (Lipinski definition) is 1. The molecule has 1 aliphatic rings. The molecule has 0 bridgehead atoms. The number of hydrogen-bond acceptors (Lipinski definition) is 2. The van der Waals surface area contributed by atoms with E-state index in [1.54, 1.807) is 6.92 Å². The highest BCUT2D eigenvalue weighted by molar-refractivity contribution is 5.82. The van der Waals surface area contributed by atoms with Gasteiger partial charge in [0, 0.05) is 13.0 Å². The quantitative estimate of drug-likeness (QED) is 0.649. The maximum atomic E-state index is 12.0. The SMILES string of the molecule is CC#CCCNC(=O)C1OCCc2ccccc21. The third-order valence-electron chi connectivity index (χ3n) is 2.96. The minimum absolute atomic E-state index is 0.0694. The molecule has 18 heavy (non-hydrogen) atoms. The first-order valence-electron chi connectivity index (χ1n) is 6.19. The van der Waals surface area contributed by atoms with E-state index in [4.69, 9.17) is 4.74 Å². The van der Waals surface area contributed by atoms with Gasteiger partial charge in [-0.1, -0.05) is 24.3 Å². The Hall–Kier alpha value is -1.79. The predicted octanol–water partition coefficient (Wildman–Crippen LogP) is 1.83. The summed E-state index contributed by atoms with van der Waals surface area (Å²) in [7, 11) is 0. The molecule has 1 unspecified atom stereocenters. The molecule has 0 fully saturated rings. The number of rotatable bonds is 3. The monoisotopic (exact) mass is 243 g/mol. The number of benzene rings is 1. The first kappa shape index (κ1) is 12.7. The van der Waals surface area contributed by atoms with Crippen molar-refractivity contribution in [1.82, 2.24) is 5.32 Å². The van der Waals surface area contributed by atoms with Gasteiger partial charge in [-0.05, 0) is 24.5 Å². The zero-order chi connectivity index (χ0) is 12.8. The second-order valence-corrected chi connectivity index (χ2v) is 4.17. The van der Waals surface area contributed by atoms with Crippen LogP contribution in [0.25, 0.3) is 0 Å². The van der Waals surface area contributed by atoms with Gasteiger partial charge in [0.25, 0.3) is 5.91 Å². The van der Waals surface area contributed by atoms with E-state index < -0.39 is 6.10 Å². The number of carbonyl (C=O) groups excluding carboxylic acids is 1. The largest absolute Gasteiger partial charge is 0.363 e. The van der Waals surface area contributed by atoms with Gasteiger partial charge in [-0.15, -0.1) is 11.8 Å². The third kappa shape index (κ3) is 2.91. The van der Waals surface area contributed by atoms with Crippen LogP contribution in [0.5, 0.6) is 0 Å². The lowest BCUT2D eigenvalue weighted by Crippen LogP contribution is -2.34. The second-order valence-electron chi connectivity index (χ2n) is 4.17. The van der Waals surface area contributed by atoms with Crippen LogP contribution in [-0.2, 0) is 16.0 Å². The molecule has 94 valence electrons. The summed E-state index contributed by atoms with van der Waals surface area (Å²) in [6.07, 6.45) is 1.09. The maximum absolute atomic E-state index is 12.0. The molecular weight excluding hydrogens is 226 g/mol. The summed E-state index contributed by atoms with van der Waals surface area (Å²) in [6, 6.07) is 7.96. The lowest BCUT2D eigenvalue weighted by Gasteiger charge is -2.25. The van der Waals surface area contributed by atoms with Crippen molar-refractivity contribution in [1.29, 1.82) is 0 Å². The average Bonchev–Trinajstić information content (AvgIpc) is 2.43. The normalized spacial score (nSPS) is 17.3. The van der Waals surface area contributed by atoms with E-state index in [0.717, 1.165) is 12.0 Å². The molecule has 1 atom stereocenters. The lowest BCUT2D eigenvalue weighted by molar-refractivity contribution is -0.134. The molecule has 1 heterocycles. The van der Waals surface area contributed by atoms with Gasteiger partial charge in [0.15, 0.2) is 6.10 Å². The van der Waals surface area contributed by atoms with Gasteiger partial charge in [0.1, 0.15) is 0 Å². The summed E-state index contributed by atoms with van der Waals surface area (Å²) in [5.41, 5.74) is 2.19. The predicted molar refractivity (Wildman–Crippen MR) is 69.9 cm³/mol. The summed E-state index contributed by atoms with van der Waals surface area (Å²) in [4.78, 5) is 12.0. The maximum Gasteiger partial charge on any atom is 0.253 e. The van der Waals surface area contributed by atoms with Crippen LogP contribution in [0, 0.1) is 11.8 Å². The Labute approximate surface area is 108 Å². The second kappa shape index (κ2) is 6.23. The molecule has 3 heteroatoms. The Morgan fingerprint density at radius 2 is 2.33 bits per heavy atom. The van der Waals surface area contributed by atoms with E-state index in [2.05, 4.69) is 23.2 Å². The number of nitrogens with one attached hydrogen (secondary N) is 1. The zero-order valence-electron chi connectivity index (χ0n) is 10.5. The van der Waals surface area contributed by atoms with Gasteiger partial charge in [0.05, 0.1) is 6.61 Å². The fourth-order valence-corrected chi connectivity index (χ4v) is 2.08. The Bertz CT molecular complexity index is 485. The zero-order valence-corrected chi connectivity index (χ0v) is 10.5. The average molecular weight is 243 g/mol. The van der Waals surface area contributed by atoms with Crippen molar-refractivity contribution in [3.05, 3.63) is 35.4 Å². The Morgan fingerprint density at radius 1 is 1.50 bits per heavy atom. The van der Waals surface area contributed by atoms with Crippen molar-refractivity contribution in [3.8, 4) is 11.8 Å². The van der Waals surface area contributed by atoms with Gasteiger partial charge in [-0.3, -0.25) is 4.79 Å². The summed E-state index contributed by atoms with van der Waals surface area (Å²) in [6.45, 7) is 2.97. The van der Waals surface area contributed by atoms with E-state index in [1.807, 2.05) is 18.2 Å². The van der Waals surface area contributed by atoms with Crippen LogP contribution < -0.4 is 5.32 Å². The van der Waals surface area contributed by atoms with Crippen molar-refractivity contribution in [2.45, 2.75) is 25.9 Å². The van der Waals surface area contributed by atoms with E-state index in [9.17, 15) is 4.79 Å². The van der Waals surface area contributed by atoms with E-state index in [-0.39, 0.29) is 5.91 Å². The molecule has 0 spiro atoms. The highest BCUT2D eigenvalue weighted by Crippen LogP contribution is 2.26. The van der Waals surface area contributed by atoms with Crippen LogP contribution in [0.4, 0.5) is 0 Å². The van der Waals surface area contributed by atoms with Gasteiger partial charge in [-0.25, -0.2) is 0 Å². The first-order valence-corrected chi connectivity index (χ1v) is 6.19. The molecule has 1 aromatic carbocycles. The van der Waals surface area contributed by atoms with E-state index >= 15 is 0 Å². The van der Waals surface area contributed by atoms with Crippen LogP contribution in [-0.4, -0.2) is 19.1 Å². The molecule has 1 aromatic rings. The minimum atomic E-state index is -0.468. The number of fused-ring (bicyclic) bond motifs is 1. The number of ether oxygens (including phenoxy) is 1. The highest BCUT2D eigenvalue weighted by atomic mass is 16.5. The van der Waals surface area contributed by atoms with E-state index in [0.29, 0.717) is 19.6 Å². The Morgan fingerprint density at radius 3 is 3.17 bits per heavy atom. The molecule has 2 rings (SSSR count). The number of carbonyl (C=O) groups is 1. The minimum Gasteiger partial charge on any atom is -0.363 e. The molecule has 1 N–H and O–H groups in total. The fraction of sp³-hybridized carbons (Fsp3) is 0.400. The van der Waals surface area contributed by atoms with E-state index in [1.165, 1.54) is 5.56 Å². The first-order chi connectivity index (χ1) is 8.83. The van der Waals surface area contributed by atoms with Crippen molar-refractivity contribution in [2.75, 3.05) is 13.2 Å². The third-order valence-corrected chi connectivity index (χ3v) is 2.96. The summed E-state index contributed by atoms with van der Waals surface area (Å²) < 4.78 is 5.58. The standard InChI is InChI=1S/C15H17NO2/c1-2-3-6-10-16-15(17)14-13-8-5-4-7-12(13)9-11-18-14/h4-5,7-8,14H,6,9-11H2,1H3,(H,16,17). The molecule has 0 aliphatic carbocycles. The molecule has 0 saturated carbocycles.